The maximum absolute atomic E-state index is 4.90. The van der Waals surface area contributed by atoms with Gasteiger partial charge in [-0.15, -0.1) is 5.48 Å². The van der Waals surface area contributed by atoms with Gasteiger partial charge in [-0.3, -0.25) is 0 Å². The van der Waals surface area contributed by atoms with Crippen LogP contribution in [-0.2, 0) is 4.84 Å². The van der Waals surface area contributed by atoms with Gasteiger partial charge in [-0.05, 0) is 31.3 Å². The zero-order valence-corrected chi connectivity index (χ0v) is 6.18. The average molecular weight is 138 g/mol. The van der Waals surface area contributed by atoms with Crippen molar-refractivity contribution < 1.29 is 4.84 Å². The molecule has 2 rings (SSSR count). The Bertz CT molecular complexity index is 163. The molecule has 1 radical (unpaired) electrons. The molecule has 2 heteroatoms. The van der Waals surface area contributed by atoms with E-state index in [4.69, 9.17) is 4.84 Å². The highest BCUT2D eigenvalue weighted by atomic mass is 16.6. The second kappa shape index (κ2) is 1.99. The molecule has 0 aromatic heterocycles. The van der Waals surface area contributed by atoms with Crippen molar-refractivity contribution in [3.63, 3.8) is 0 Å². The molecule has 0 aromatic rings. The van der Waals surface area contributed by atoms with Crippen LogP contribution >= 0.6 is 0 Å². The van der Waals surface area contributed by atoms with E-state index in [2.05, 4.69) is 18.7 Å². The fourth-order valence-electron chi connectivity index (χ4n) is 1.55. The molecule has 1 fully saturated rings. The topological polar surface area (TPSA) is 21.3 Å². The zero-order chi connectivity index (χ0) is 7.03. The lowest BCUT2D eigenvalue weighted by molar-refractivity contribution is 0.0745. The molecule has 1 saturated carbocycles. The first kappa shape index (κ1) is 6.23. The summed E-state index contributed by atoms with van der Waals surface area (Å²) in [6.45, 7) is 2.18. The second-order valence-corrected chi connectivity index (χ2v) is 3.13. The summed E-state index contributed by atoms with van der Waals surface area (Å²) < 4.78 is 0. The van der Waals surface area contributed by atoms with Gasteiger partial charge in [0.1, 0.15) is 0 Å². The molecule has 1 heterocycles. The molecule has 10 heavy (non-hydrogen) atoms. The van der Waals surface area contributed by atoms with Crippen LogP contribution < -0.4 is 5.48 Å². The van der Waals surface area contributed by atoms with E-state index in [0.29, 0.717) is 0 Å². The Hall–Kier alpha value is -0.500. The smallest absolute Gasteiger partial charge is 0.189 e. The van der Waals surface area contributed by atoms with Gasteiger partial charge in [0, 0.05) is 0 Å². The van der Waals surface area contributed by atoms with Gasteiger partial charge in [0.25, 0.3) is 0 Å². The van der Waals surface area contributed by atoms with Crippen molar-refractivity contribution in [3.8, 4) is 0 Å². The molecule has 0 aromatic carbocycles. The third-order valence-corrected chi connectivity index (χ3v) is 2.51. The zero-order valence-electron chi connectivity index (χ0n) is 6.18. The Morgan fingerprint density at radius 1 is 1.80 bits per heavy atom. The summed E-state index contributed by atoms with van der Waals surface area (Å²) in [6, 6.07) is 0. The summed E-state index contributed by atoms with van der Waals surface area (Å²) in [5.41, 5.74) is 3.15. The van der Waals surface area contributed by atoms with Gasteiger partial charge in [0.15, 0.2) is 6.26 Å². The van der Waals surface area contributed by atoms with Gasteiger partial charge < -0.3 is 4.84 Å². The maximum atomic E-state index is 4.90. The molecule has 1 N–H and O–H groups in total. The predicted octanol–water partition coefficient (Wildman–Crippen LogP) is 1.40. The van der Waals surface area contributed by atoms with E-state index < -0.39 is 0 Å². The summed E-state index contributed by atoms with van der Waals surface area (Å²) in [4.78, 5) is 4.90. The Kier molecular flexibility index (Phi) is 1.24. The fraction of sp³-hybridized carbons (Fsp3) is 0.750. The van der Waals surface area contributed by atoms with Gasteiger partial charge in [-0.1, -0.05) is 6.92 Å². The highest BCUT2D eigenvalue weighted by Crippen LogP contribution is 2.43. The first-order valence-corrected chi connectivity index (χ1v) is 3.90. The minimum Gasteiger partial charge on any atom is -0.404 e. The van der Waals surface area contributed by atoms with Crippen LogP contribution in [0, 0.1) is 12.2 Å². The van der Waals surface area contributed by atoms with Crippen molar-refractivity contribution in [3.05, 3.63) is 12.3 Å². The molecule has 2 aliphatic rings. The van der Waals surface area contributed by atoms with Crippen LogP contribution in [-0.4, -0.2) is 5.54 Å². The molecule has 0 spiro atoms. The van der Waals surface area contributed by atoms with E-state index in [1.807, 2.05) is 6.08 Å². The molecule has 0 bridgehead atoms. The third-order valence-electron chi connectivity index (χ3n) is 2.51. The van der Waals surface area contributed by atoms with E-state index >= 15 is 0 Å². The van der Waals surface area contributed by atoms with Crippen LogP contribution in [0.1, 0.15) is 26.2 Å². The van der Waals surface area contributed by atoms with Crippen LogP contribution in [0.4, 0.5) is 0 Å². The molecule has 1 unspecified atom stereocenters. The maximum Gasteiger partial charge on any atom is 0.189 e. The summed E-state index contributed by atoms with van der Waals surface area (Å²) in [6.07, 6.45) is 8.55. The molecule has 1 aliphatic carbocycles. The molecule has 1 atom stereocenters. The van der Waals surface area contributed by atoms with Crippen LogP contribution in [0.25, 0.3) is 0 Å². The third kappa shape index (κ3) is 0.754. The minimum absolute atomic E-state index is 0.139. The number of hydrogen-bond acceptors (Lipinski definition) is 2. The van der Waals surface area contributed by atoms with Crippen molar-refractivity contribution in [2.45, 2.75) is 31.7 Å². The standard InChI is InChI=1S/C8H12NO/c1-2-8(7-3-4-7)5-6-10-9-8/h5,7,9H,2-4H2,1H3. The van der Waals surface area contributed by atoms with E-state index in [9.17, 15) is 0 Å². The number of hydroxylamine groups is 1. The Morgan fingerprint density at radius 2 is 2.60 bits per heavy atom. The van der Waals surface area contributed by atoms with Crippen molar-refractivity contribution in [1.29, 1.82) is 0 Å². The second-order valence-electron chi connectivity index (χ2n) is 3.13. The Balaban J connectivity index is 2.12. The molecule has 55 valence electrons. The number of hydrogen-bond donors (Lipinski definition) is 1. The first-order valence-electron chi connectivity index (χ1n) is 3.90. The summed E-state index contributed by atoms with van der Waals surface area (Å²) in [7, 11) is 0. The number of rotatable bonds is 2. The highest BCUT2D eigenvalue weighted by Gasteiger charge is 2.44. The van der Waals surface area contributed by atoms with Crippen LogP contribution in [0.2, 0.25) is 0 Å². The number of nitrogens with one attached hydrogen (secondary N) is 1. The quantitative estimate of drug-likeness (QED) is 0.622. The SMILES string of the molecule is CCC1(C2CC2)C=[C]ON1. The molecule has 0 amide bonds. The van der Waals surface area contributed by atoms with Gasteiger partial charge >= 0.3 is 0 Å². The van der Waals surface area contributed by atoms with Gasteiger partial charge in [-0.2, -0.15) is 0 Å². The van der Waals surface area contributed by atoms with Crippen molar-refractivity contribution in [1.82, 2.24) is 5.48 Å². The minimum atomic E-state index is 0.139. The first-order chi connectivity index (χ1) is 4.87. The molecule has 2 nitrogen and oxygen atoms in total. The van der Waals surface area contributed by atoms with Gasteiger partial charge in [-0.25, -0.2) is 0 Å². The summed E-state index contributed by atoms with van der Waals surface area (Å²) in [5.74, 6) is 0.799. The molecular weight excluding hydrogens is 126 g/mol. The Morgan fingerprint density at radius 3 is 3.00 bits per heavy atom. The van der Waals surface area contributed by atoms with Crippen molar-refractivity contribution >= 4 is 0 Å². The monoisotopic (exact) mass is 138 g/mol. The van der Waals surface area contributed by atoms with Crippen LogP contribution in [0.3, 0.4) is 0 Å². The van der Waals surface area contributed by atoms with E-state index in [1.54, 1.807) is 0 Å². The van der Waals surface area contributed by atoms with Crippen LogP contribution in [0.5, 0.6) is 0 Å². The van der Waals surface area contributed by atoms with Gasteiger partial charge in [0.05, 0.1) is 5.54 Å². The van der Waals surface area contributed by atoms with Crippen molar-refractivity contribution in [2.75, 3.05) is 0 Å². The average Bonchev–Trinajstić information content (AvgIpc) is 2.71. The lowest BCUT2D eigenvalue weighted by Crippen LogP contribution is -2.40. The molecular formula is C8H12NO. The normalized spacial score (nSPS) is 38.1. The lowest BCUT2D eigenvalue weighted by Gasteiger charge is -2.23. The lowest BCUT2D eigenvalue weighted by atomic mass is 9.92. The fourth-order valence-corrected chi connectivity index (χ4v) is 1.55. The highest BCUT2D eigenvalue weighted by molar-refractivity contribution is 5.11. The predicted molar refractivity (Wildman–Crippen MR) is 37.8 cm³/mol. The molecule has 0 saturated heterocycles. The Labute approximate surface area is 61.2 Å². The van der Waals surface area contributed by atoms with Crippen LogP contribution in [0.15, 0.2) is 6.08 Å². The van der Waals surface area contributed by atoms with Crippen molar-refractivity contribution in [2.24, 2.45) is 5.92 Å². The summed E-state index contributed by atoms with van der Waals surface area (Å²) in [5, 5.41) is 0. The van der Waals surface area contributed by atoms with E-state index in [1.165, 1.54) is 12.8 Å². The molecule has 1 aliphatic heterocycles. The summed E-state index contributed by atoms with van der Waals surface area (Å²) >= 11 is 0. The van der Waals surface area contributed by atoms with E-state index in [0.717, 1.165) is 12.3 Å². The van der Waals surface area contributed by atoms with E-state index in [-0.39, 0.29) is 5.54 Å². The van der Waals surface area contributed by atoms with Gasteiger partial charge in [0.2, 0.25) is 0 Å². The largest absolute Gasteiger partial charge is 0.404 e.